The van der Waals surface area contributed by atoms with Gasteiger partial charge in [0.2, 0.25) is 11.9 Å². The van der Waals surface area contributed by atoms with Crippen LogP contribution >= 0.6 is 0 Å². The van der Waals surface area contributed by atoms with Crippen LogP contribution in [0.5, 0.6) is 0 Å². The van der Waals surface area contributed by atoms with E-state index in [0.29, 0.717) is 59.0 Å². The van der Waals surface area contributed by atoms with Gasteiger partial charge in [-0.15, -0.1) is 0 Å². The van der Waals surface area contributed by atoms with E-state index in [-0.39, 0.29) is 18.4 Å². The van der Waals surface area contributed by atoms with Gasteiger partial charge in [0.25, 0.3) is 17.7 Å². The van der Waals surface area contributed by atoms with E-state index < -0.39 is 17.9 Å². The van der Waals surface area contributed by atoms with Gasteiger partial charge in [-0.3, -0.25) is 39.0 Å². The number of amides is 4. The molecule has 2 aromatic carbocycles. The first kappa shape index (κ1) is 41.0. The number of nitrogens with zero attached hydrogens (tertiary/aromatic N) is 12. The van der Waals surface area contributed by atoms with Gasteiger partial charge in [-0.2, -0.15) is 5.10 Å². The summed E-state index contributed by atoms with van der Waals surface area (Å²) in [5.41, 5.74) is 6.83. The molecule has 3 saturated heterocycles. The third kappa shape index (κ3) is 7.33. The topological polar surface area (TPSA) is 197 Å². The predicted octanol–water partition coefficient (Wildman–Crippen LogP) is 3.08. The maximum absolute atomic E-state index is 13.5. The van der Waals surface area contributed by atoms with Crippen LogP contribution in [-0.2, 0) is 16.1 Å². The molecule has 19 nitrogen and oxygen atoms in total. The van der Waals surface area contributed by atoms with Crippen molar-refractivity contribution in [3.05, 3.63) is 89.4 Å². The maximum atomic E-state index is 13.5. The highest BCUT2D eigenvalue weighted by molar-refractivity contribution is 6.23. The van der Waals surface area contributed by atoms with Crippen molar-refractivity contribution in [3.8, 4) is 11.3 Å². The van der Waals surface area contributed by atoms with Crippen molar-refractivity contribution < 1.29 is 19.2 Å². The largest absolute Gasteiger partial charge is 0.369 e. The lowest BCUT2D eigenvalue weighted by molar-refractivity contribution is -0.125. The molecule has 0 saturated carbocycles. The van der Waals surface area contributed by atoms with Gasteiger partial charge in [0.15, 0.2) is 0 Å². The summed E-state index contributed by atoms with van der Waals surface area (Å²) in [6.07, 6.45) is 2.75. The van der Waals surface area contributed by atoms with Crippen molar-refractivity contribution in [1.82, 2.24) is 55.4 Å². The van der Waals surface area contributed by atoms with Crippen molar-refractivity contribution >= 4 is 57.7 Å². The molecule has 3 atom stereocenters. The van der Waals surface area contributed by atoms with Crippen LogP contribution in [0.1, 0.15) is 54.3 Å². The Hall–Kier alpha value is -6.99. The zero-order valence-electron chi connectivity index (χ0n) is 36.4. The quantitative estimate of drug-likeness (QED) is 0.183. The minimum atomic E-state index is -0.822. The predicted molar refractivity (Wildman–Crippen MR) is 241 cm³/mol. The van der Waals surface area contributed by atoms with E-state index in [1.807, 2.05) is 61.5 Å². The summed E-state index contributed by atoms with van der Waals surface area (Å²) in [5.74, 6) is 0.0888. The number of pyridine rings is 1. The highest BCUT2D eigenvalue weighted by atomic mass is 16.2. The van der Waals surface area contributed by atoms with E-state index in [0.717, 1.165) is 96.6 Å². The lowest BCUT2D eigenvalue weighted by Crippen LogP contribution is -2.59. The fourth-order valence-electron chi connectivity index (χ4n) is 9.86. The number of aromatic nitrogens is 7. The van der Waals surface area contributed by atoms with Gasteiger partial charge in [-0.05, 0) is 92.6 Å². The summed E-state index contributed by atoms with van der Waals surface area (Å²) in [4.78, 5) is 70.3. The van der Waals surface area contributed by atoms with Crippen LogP contribution in [0, 0.1) is 0 Å². The van der Waals surface area contributed by atoms with Gasteiger partial charge in [0.1, 0.15) is 17.6 Å². The summed E-state index contributed by atoms with van der Waals surface area (Å²) >= 11 is 0. The molecule has 5 aromatic rings. The molecule has 0 radical (unpaired) electrons. The molecule has 64 heavy (non-hydrogen) atoms. The summed E-state index contributed by atoms with van der Waals surface area (Å²) in [6, 6.07) is 15.0. The van der Waals surface area contributed by atoms with E-state index in [1.54, 1.807) is 10.7 Å². The molecule has 10 rings (SSSR count). The average molecular weight is 866 g/mol. The van der Waals surface area contributed by atoms with E-state index in [1.165, 1.54) is 0 Å². The number of allylic oxidation sites excluding steroid dienone is 2. The van der Waals surface area contributed by atoms with Crippen molar-refractivity contribution in [1.29, 1.82) is 0 Å². The molecular weight excluding hydrogens is 815 g/mol. The number of imide groups is 1. The van der Waals surface area contributed by atoms with Crippen molar-refractivity contribution in [2.45, 2.75) is 58.3 Å². The molecule has 1 unspecified atom stereocenters. The van der Waals surface area contributed by atoms with Gasteiger partial charge in [0.05, 0.1) is 28.8 Å². The lowest BCUT2D eigenvalue weighted by Gasteiger charge is -2.46. The van der Waals surface area contributed by atoms with Crippen LogP contribution in [0.3, 0.4) is 0 Å². The monoisotopic (exact) mass is 865 g/mol. The molecule has 5 aliphatic rings. The van der Waals surface area contributed by atoms with Gasteiger partial charge >= 0.3 is 0 Å². The maximum Gasteiger partial charge on any atom is 0.262 e. The van der Waals surface area contributed by atoms with Crippen LogP contribution in [0.25, 0.3) is 22.2 Å². The number of benzene rings is 2. The van der Waals surface area contributed by atoms with E-state index in [2.05, 4.69) is 77.4 Å². The Labute approximate surface area is 369 Å². The minimum absolute atomic E-state index is 0.217. The Kier molecular flexibility index (Phi) is 10.4. The molecule has 19 heteroatoms. The van der Waals surface area contributed by atoms with Crippen LogP contribution in [0.4, 0.5) is 23.1 Å². The average Bonchev–Trinajstić information content (AvgIpc) is 4.01. The minimum Gasteiger partial charge on any atom is -0.369 e. The zero-order valence-corrected chi connectivity index (χ0v) is 36.4. The Morgan fingerprint density at radius 3 is 2.48 bits per heavy atom. The van der Waals surface area contributed by atoms with Gasteiger partial charge in [-0.1, -0.05) is 11.7 Å². The Morgan fingerprint density at radius 1 is 0.922 bits per heavy atom. The van der Waals surface area contributed by atoms with Crippen LogP contribution < -0.4 is 25.3 Å². The summed E-state index contributed by atoms with van der Waals surface area (Å²) in [7, 11) is 1.84. The number of hydrogen-bond donors (Lipinski definition) is 3. The highest BCUT2D eigenvalue weighted by Crippen LogP contribution is 2.34. The molecule has 5 aliphatic heterocycles. The van der Waals surface area contributed by atoms with Crippen molar-refractivity contribution in [2.24, 2.45) is 0 Å². The second-order valence-electron chi connectivity index (χ2n) is 17.5. The smallest absolute Gasteiger partial charge is 0.262 e. The molecule has 0 bridgehead atoms. The molecule has 3 fully saturated rings. The Bertz CT molecular complexity index is 2740. The standard InChI is InChI=1S/C45H51N15O4/c1-26-6-11-38(42(62)47-26)60-43(63)33-9-8-32(22-34(33)44(60)64)56-17-14-55(15-18-56)16-19-58-27(2)23-57(24-28(58)3)39-20-30(12-13-46-39)40-35-21-31(7-10-37(35)49-50-40)48-41(61)36-25-59-45(51-52-53-59)54(5)29(36)4/h7-10,12-13,20-22,27-28,38H,1,6,11,14-19,23-25H2,2-5H3,(H,47,62)(H,48,61)(H,49,50)/t27-,28+,38?. The van der Waals surface area contributed by atoms with E-state index >= 15 is 0 Å². The first-order valence-corrected chi connectivity index (χ1v) is 21.9. The fraction of sp³-hybridized carbons (Fsp3) is 0.400. The lowest BCUT2D eigenvalue weighted by atomic mass is 10.0. The Morgan fingerprint density at radius 2 is 1.70 bits per heavy atom. The number of rotatable bonds is 9. The first-order chi connectivity index (χ1) is 30.9. The number of tetrazole rings is 1. The highest BCUT2D eigenvalue weighted by Gasteiger charge is 2.44. The number of piperidine rings is 1. The SMILES string of the molecule is C=C1CCC(N2C(=O)c3ccc(N4CCN(CCN5[C@H](C)CN(c6cc(-c7n[nH]c8ccc(NC(=O)C9=C(C)N(C)c%10nnnn%10C9)cc78)ccn6)C[C@@H]5C)CC4)cc3C2=O)C(=O)N1. The second-order valence-corrected chi connectivity index (χ2v) is 17.5. The molecule has 0 aliphatic carbocycles. The van der Waals surface area contributed by atoms with Gasteiger partial charge < -0.3 is 25.3 Å². The number of nitrogens with one attached hydrogen (secondary N) is 3. The summed E-state index contributed by atoms with van der Waals surface area (Å²) in [5, 5.41) is 26.3. The van der Waals surface area contributed by atoms with Crippen LogP contribution in [0.15, 0.2) is 78.3 Å². The first-order valence-electron chi connectivity index (χ1n) is 21.9. The summed E-state index contributed by atoms with van der Waals surface area (Å²) in [6.45, 7) is 17.5. The number of hydrogen-bond acceptors (Lipinski definition) is 14. The molecule has 8 heterocycles. The molecule has 4 amide bonds. The third-order valence-electron chi connectivity index (χ3n) is 13.5. The summed E-state index contributed by atoms with van der Waals surface area (Å²) < 4.78 is 1.61. The number of carbonyl (C=O) groups excluding carboxylic acids is 4. The van der Waals surface area contributed by atoms with Gasteiger partial charge in [-0.25, -0.2) is 9.67 Å². The van der Waals surface area contributed by atoms with Gasteiger partial charge in [0, 0.05) is 111 Å². The normalized spacial score (nSPS) is 22.1. The van der Waals surface area contributed by atoms with E-state index in [4.69, 9.17) is 10.1 Å². The van der Waals surface area contributed by atoms with Crippen LogP contribution in [0.2, 0.25) is 0 Å². The number of anilines is 4. The Balaban J connectivity index is 0.740. The number of H-pyrrole nitrogens is 1. The number of carbonyl (C=O) groups is 4. The fourth-order valence-corrected chi connectivity index (χ4v) is 9.86. The number of fused-ring (bicyclic) bond motifs is 3. The number of piperazine rings is 2. The second kappa shape index (κ2) is 16.3. The molecule has 330 valence electrons. The van der Waals surface area contributed by atoms with Crippen molar-refractivity contribution in [3.63, 3.8) is 0 Å². The zero-order chi connectivity index (χ0) is 44.4. The molecule has 0 spiro atoms. The molecular formula is C45H51N15O4. The van der Waals surface area contributed by atoms with E-state index in [9.17, 15) is 19.2 Å². The van der Waals surface area contributed by atoms with Crippen molar-refractivity contribution in [2.75, 3.05) is 79.4 Å². The third-order valence-corrected chi connectivity index (χ3v) is 13.5. The molecule has 3 N–H and O–H groups in total. The van der Waals surface area contributed by atoms with Crippen LogP contribution in [-0.4, -0.2) is 151 Å². The number of aromatic amines is 1. The molecule has 3 aromatic heterocycles.